The quantitative estimate of drug-likeness (QED) is 0.869. The van der Waals surface area contributed by atoms with Crippen LogP contribution in [0.4, 0.5) is 5.82 Å². The van der Waals surface area contributed by atoms with Crippen LogP contribution >= 0.6 is 27.7 Å². The van der Waals surface area contributed by atoms with Gasteiger partial charge in [-0.1, -0.05) is 6.92 Å². The van der Waals surface area contributed by atoms with E-state index in [1.807, 2.05) is 6.92 Å². The average molecular weight is 380 g/mol. The number of nitrogens with zero attached hydrogens (tertiary/aromatic N) is 2. The Morgan fingerprint density at radius 3 is 3.00 bits per heavy atom. The number of anilines is 1. The normalized spacial score (nSPS) is 20.9. The summed E-state index contributed by atoms with van der Waals surface area (Å²) >= 11 is 5.10. The fourth-order valence-corrected chi connectivity index (χ4v) is 5.44. The number of pyridine rings is 1. The van der Waals surface area contributed by atoms with Gasteiger partial charge in [0, 0.05) is 41.3 Å². The topological polar surface area (TPSA) is 62.3 Å². The van der Waals surface area contributed by atoms with Gasteiger partial charge < -0.3 is 5.32 Å². The van der Waals surface area contributed by atoms with Crippen LogP contribution in [0.2, 0.25) is 0 Å². The monoisotopic (exact) mass is 379 g/mol. The smallest absolute Gasteiger partial charge is 0.246 e. The van der Waals surface area contributed by atoms with Crippen molar-refractivity contribution in [3.8, 4) is 0 Å². The number of hydrogen-bond donors (Lipinski definition) is 1. The van der Waals surface area contributed by atoms with Gasteiger partial charge in [0.25, 0.3) is 0 Å². The minimum Gasteiger partial charge on any atom is -0.369 e. The number of nitrogens with one attached hydrogen (secondary N) is 1. The van der Waals surface area contributed by atoms with E-state index in [1.165, 1.54) is 0 Å². The second kappa shape index (κ2) is 6.64. The molecular formula is C12H18BrN3O2S2. The Bertz CT molecular complexity index is 580. The van der Waals surface area contributed by atoms with Gasteiger partial charge in [0.05, 0.1) is 0 Å². The summed E-state index contributed by atoms with van der Waals surface area (Å²) < 4.78 is 27.8. The fourth-order valence-electron chi connectivity index (χ4n) is 2.06. The van der Waals surface area contributed by atoms with Gasteiger partial charge in [-0.2, -0.15) is 16.1 Å². The maximum Gasteiger partial charge on any atom is 0.246 e. The molecule has 5 nitrogen and oxygen atoms in total. The van der Waals surface area contributed by atoms with Gasteiger partial charge in [-0.25, -0.2) is 13.4 Å². The summed E-state index contributed by atoms with van der Waals surface area (Å²) in [6.07, 6.45) is 1.60. The van der Waals surface area contributed by atoms with Crippen LogP contribution in [0.15, 0.2) is 21.6 Å². The van der Waals surface area contributed by atoms with Crippen LogP contribution in [0.5, 0.6) is 0 Å². The van der Waals surface area contributed by atoms with Crippen LogP contribution < -0.4 is 5.32 Å². The molecule has 0 saturated carbocycles. The minimum atomic E-state index is -3.51. The van der Waals surface area contributed by atoms with Crippen LogP contribution in [-0.2, 0) is 10.0 Å². The molecule has 1 atom stereocenters. The van der Waals surface area contributed by atoms with E-state index in [9.17, 15) is 8.42 Å². The third-order valence-electron chi connectivity index (χ3n) is 2.99. The van der Waals surface area contributed by atoms with Crippen LogP contribution in [-0.4, -0.2) is 48.3 Å². The van der Waals surface area contributed by atoms with Crippen LogP contribution in [0.1, 0.15) is 13.8 Å². The largest absolute Gasteiger partial charge is 0.369 e. The molecular weight excluding hydrogens is 362 g/mol. The molecule has 0 aliphatic carbocycles. The Labute approximate surface area is 132 Å². The van der Waals surface area contributed by atoms with Crippen molar-refractivity contribution in [2.45, 2.75) is 24.0 Å². The summed E-state index contributed by atoms with van der Waals surface area (Å²) in [6, 6.07) is 1.62. The predicted molar refractivity (Wildman–Crippen MR) is 86.8 cm³/mol. The summed E-state index contributed by atoms with van der Waals surface area (Å²) in [4.78, 5) is 4.42. The highest BCUT2D eigenvalue weighted by molar-refractivity contribution is 9.10. The van der Waals surface area contributed by atoms with Gasteiger partial charge in [-0.05, 0) is 28.9 Å². The zero-order valence-corrected chi connectivity index (χ0v) is 14.7. The number of aromatic nitrogens is 1. The highest BCUT2D eigenvalue weighted by atomic mass is 79.9. The summed E-state index contributed by atoms with van der Waals surface area (Å²) in [6.45, 7) is 5.69. The second-order valence-corrected chi connectivity index (χ2v) is 8.94. The molecule has 1 aliphatic heterocycles. The molecule has 0 radical (unpaired) electrons. The summed E-state index contributed by atoms with van der Waals surface area (Å²) in [5.41, 5.74) is 0. The van der Waals surface area contributed by atoms with Crippen LogP contribution in [0, 0.1) is 0 Å². The molecule has 20 heavy (non-hydrogen) atoms. The van der Waals surface area contributed by atoms with Crippen molar-refractivity contribution in [1.29, 1.82) is 0 Å². The summed E-state index contributed by atoms with van der Waals surface area (Å²) in [7, 11) is -3.51. The van der Waals surface area contributed by atoms with E-state index in [0.29, 0.717) is 35.2 Å². The molecule has 0 amide bonds. The SMILES string of the molecule is CCNc1ncc(Br)cc1S(=O)(=O)N1CCSC(C)C1. The van der Waals surface area contributed by atoms with Crippen molar-refractivity contribution in [2.75, 3.05) is 30.7 Å². The van der Waals surface area contributed by atoms with Crippen molar-refractivity contribution in [2.24, 2.45) is 0 Å². The van der Waals surface area contributed by atoms with Crippen LogP contribution in [0.3, 0.4) is 0 Å². The van der Waals surface area contributed by atoms with E-state index in [-0.39, 0.29) is 4.90 Å². The Morgan fingerprint density at radius 2 is 2.35 bits per heavy atom. The van der Waals surface area contributed by atoms with Crippen LogP contribution in [0.25, 0.3) is 0 Å². The molecule has 1 aliphatic rings. The summed E-state index contributed by atoms with van der Waals surface area (Å²) in [5.74, 6) is 1.25. The first-order valence-corrected chi connectivity index (χ1v) is 9.74. The molecule has 1 aromatic heterocycles. The van der Waals surface area contributed by atoms with Crippen molar-refractivity contribution in [3.05, 3.63) is 16.7 Å². The van der Waals surface area contributed by atoms with Crippen molar-refractivity contribution in [1.82, 2.24) is 9.29 Å². The third kappa shape index (κ3) is 3.47. The average Bonchev–Trinajstić information content (AvgIpc) is 2.41. The molecule has 0 bridgehead atoms. The van der Waals surface area contributed by atoms with Gasteiger partial charge in [-0.3, -0.25) is 0 Å². The highest BCUT2D eigenvalue weighted by Gasteiger charge is 2.31. The Kier molecular flexibility index (Phi) is 5.33. The molecule has 1 saturated heterocycles. The number of halogens is 1. The van der Waals surface area contributed by atoms with E-state index in [0.717, 1.165) is 5.75 Å². The van der Waals surface area contributed by atoms with E-state index in [1.54, 1.807) is 28.3 Å². The lowest BCUT2D eigenvalue weighted by atomic mass is 10.4. The zero-order chi connectivity index (χ0) is 14.8. The van der Waals surface area contributed by atoms with Gasteiger partial charge in [-0.15, -0.1) is 0 Å². The van der Waals surface area contributed by atoms with E-state index < -0.39 is 10.0 Å². The molecule has 8 heteroatoms. The fraction of sp³-hybridized carbons (Fsp3) is 0.583. The Hall–Kier alpha value is -0.310. The lowest BCUT2D eigenvalue weighted by Crippen LogP contribution is -2.41. The summed E-state index contributed by atoms with van der Waals surface area (Å²) in [5, 5.41) is 3.34. The van der Waals surface area contributed by atoms with Crippen molar-refractivity contribution in [3.63, 3.8) is 0 Å². The Morgan fingerprint density at radius 1 is 1.60 bits per heavy atom. The van der Waals surface area contributed by atoms with Gasteiger partial charge in [0.2, 0.25) is 10.0 Å². The molecule has 2 heterocycles. The Balaban J connectivity index is 2.40. The van der Waals surface area contributed by atoms with Gasteiger partial charge in [0.1, 0.15) is 10.7 Å². The zero-order valence-electron chi connectivity index (χ0n) is 11.5. The number of thioether (sulfide) groups is 1. The molecule has 1 fully saturated rings. The van der Waals surface area contributed by atoms with E-state index in [2.05, 4.69) is 33.2 Å². The highest BCUT2D eigenvalue weighted by Crippen LogP contribution is 2.29. The molecule has 1 N–H and O–H groups in total. The number of sulfonamides is 1. The maximum absolute atomic E-state index is 12.8. The third-order valence-corrected chi connectivity index (χ3v) is 6.43. The molecule has 112 valence electrons. The first kappa shape index (κ1) is 16.1. The molecule has 1 unspecified atom stereocenters. The second-order valence-electron chi connectivity index (χ2n) is 4.58. The number of hydrogen-bond acceptors (Lipinski definition) is 5. The van der Waals surface area contributed by atoms with Crippen molar-refractivity contribution >= 4 is 43.5 Å². The molecule has 0 spiro atoms. The standard InChI is InChI=1S/C12H18BrN3O2S2/c1-3-14-12-11(6-10(13)7-15-12)20(17,18)16-4-5-19-9(2)8-16/h6-7,9H,3-5,8H2,1-2H3,(H,14,15). The van der Waals surface area contributed by atoms with Gasteiger partial charge in [0.15, 0.2) is 0 Å². The molecule has 0 aromatic carbocycles. The van der Waals surface area contributed by atoms with E-state index in [4.69, 9.17) is 0 Å². The van der Waals surface area contributed by atoms with Crippen molar-refractivity contribution < 1.29 is 8.42 Å². The van der Waals surface area contributed by atoms with Gasteiger partial charge >= 0.3 is 0 Å². The predicted octanol–water partition coefficient (Wildman–Crippen LogP) is 2.40. The van der Waals surface area contributed by atoms with E-state index >= 15 is 0 Å². The lowest BCUT2D eigenvalue weighted by molar-refractivity contribution is 0.424. The lowest BCUT2D eigenvalue weighted by Gasteiger charge is -2.30. The first-order chi connectivity index (χ1) is 9.45. The number of rotatable bonds is 4. The maximum atomic E-state index is 12.8. The first-order valence-electron chi connectivity index (χ1n) is 6.46. The molecule has 1 aromatic rings. The minimum absolute atomic E-state index is 0.243. The molecule has 2 rings (SSSR count).